The zero-order chi connectivity index (χ0) is 13.2. The average Bonchev–Trinajstić information content (AvgIpc) is 2.46. The van der Waals surface area contributed by atoms with Gasteiger partial charge in [0.25, 0.3) is 0 Å². The monoisotopic (exact) mass is 247 g/mol. The molecule has 2 nitrogen and oxygen atoms in total. The molecule has 2 heteroatoms. The predicted octanol–water partition coefficient (Wildman–Crippen LogP) is 2.87. The molecule has 0 N–H and O–H groups in total. The molecule has 3 aromatic rings. The maximum atomic E-state index is 11.2. The summed E-state index contributed by atoms with van der Waals surface area (Å²) in [6.07, 6.45) is 0. The number of carbonyl (C=O) groups excluding carboxylic acids is 1. The van der Waals surface area contributed by atoms with Gasteiger partial charge in [0.1, 0.15) is 0 Å². The molecule has 92 valence electrons. The van der Waals surface area contributed by atoms with Gasteiger partial charge in [-0.05, 0) is 21.9 Å². The van der Waals surface area contributed by atoms with Crippen LogP contribution in [0.5, 0.6) is 0 Å². The maximum absolute atomic E-state index is 11.2. The van der Waals surface area contributed by atoms with Gasteiger partial charge in [-0.1, -0.05) is 66.7 Å². The summed E-state index contributed by atoms with van der Waals surface area (Å²) in [7, 11) is 0. The molecule has 0 unspecified atom stereocenters. The summed E-state index contributed by atoms with van der Waals surface area (Å²) in [5.74, 6) is -1.15. The van der Waals surface area contributed by atoms with E-state index in [1.165, 1.54) is 0 Å². The number of carboxylic acids is 1. The fourth-order valence-electron chi connectivity index (χ4n) is 2.36. The molecule has 0 aliphatic rings. The third-order valence-corrected chi connectivity index (χ3v) is 3.23. The van der Waals surface area contributed by atoms with E-state index < -0.39 is 5.97 Å². The van der Waals surface area contributed by atoms with Crippen molar-refractivity contribution in [1.82, 2.24) is 0 Å². The second-order valence-electron chi connectivity index (χ2n) is 4.36. The quantitative estimate of drug-likeness (QED) is 0.698. The van der Waals surface area contributed by atoms with E-state index in [9.17, 15) is 9.90 Å². The Bertz CT molecular complexity index is 755. The molecule has 0 saturated carbocycles. The highest BCUT2D eigenvalue weighted by Crippen LogP contribution is 2.30. The van der Waals surface area contributed by atoms with Crippen LogP contribution < -0.4 is 5.11 Å². The SMILES string of the molecule is O=C([O-])c1ccccc1-c1cccc2ccccc12. The van der Waals surface area contributed by atoms with E-state index in [0.717, 1.165) is 16.3 Å². The Kier molecular flexibility index (Phi) is 2.76. The van der Waals surface area contributed by atoms with Crippen molar-refractivity contribution in [2.24, 2.45) is 0 Å². The van der Waals surface area contributed by atoms with Crippen LogP contribution in [0.15, 0.2) is 66.7 Å². The lowest BCUT2D eigenvalue weighted by molar-refractivity contribution is -0.254. The average molecular weight is 247 g/mol. The van der Waals surface area contributed by atoms with Gasteiger partial charge in [-0.15, -0.1) is 0 Å². The van der Waals surface area contributed by atoms with Crippen LogP contribution in [0.4, 0.5) is 0 Å². The second kappa shape index (κ2) is 4.58. The number of carboxylic acid groups (broad SMARTS) is 1. The molecule has 0 radical (unpaired) electrons. The first-order chi connectivity index (χ1) is 9.27. The van der Waals surface area contributed by atoms with Gasteiger partial charge < -0.3 is 9.90 Å². The van der Waals surface area contributed by atoms with Gasteiger partial charge in [-0.25, -0.2) is 0 Å². The molecule has 0 aliphatic heterocycles. The number of carbonyl (C=O) groups is 1. The van der Waals surface area contributed by atoms with Crippen LogP contribution in [-0.2, 0) is 0 Å². The number of aromatic carboxylic acids is 1. The minimum atomic E-state index is -1.15. The Morgan fingerprint density at radius 2 is 1.37 bits per heavy atom. The van der Waals surface area contributed by atoms with Crippen molar-refractivity contribution in [2.45, 2.75) is 0 Å². The van der Waals surface area contributed by atoms with E-state index in [1.54, 1.807) is 12.1 Å². The van der Waals surface area contributed by atoms with Crippen molar-refractivity contribution in [3.63, 3.8) is 0 Å². The zero-order valence-corrected chi connectivity index (χ0v) is 10.2. The van der Waals surface area contributed by atoms with Crippen LogP contribution in [0.3, 0.4) is 0 Å². The van der Waals surface area contributed by atoms with Crippen LogP contribution in [0.1, 0.15) is 10.4 Å². The lowest BCUT2D eigenvalue weighted by atomic mass is 9.95. The van der Waals surface area contributed by atoms with Crippen LogP contribution in [-0.4, -0.2) is 5.97 Å². The molecule has 0 spiro atoms. The van der Waals surface area contributed by atoms with Crippen molar-refractivity contribution in [3.05, 3.63) is 72.3 Å². The standard InChI is InChI=1S/C17H12O2/c18-17(19)16-10-4-3-9-15(16)14-11-5-7-12-6-1-2-8-13(12)14/h1-11H,(H,18,19)/p-1. The molecule has 0 atom stereocenters. The molecule has 0 fully saturated rings. The summed E-state index contributed by atoms with van der Waals surface area (Å²) in [6, 6.07) is 20.7. The molecule has 3 aromatic carbocycles. The minimum absolute atomic E-state index is 0.221. The van der Waals surface area contributed by atoms with E-state index in [-0.39, 0.29) is 5.56 Å². The first kappa shape index (κ1) is 11.5. The van der Waals surface area contributed by atoms with Gasteiger partial charge in [0.05, 0.1) is 5.97 Å². The van der Waals surface area contributed by atoms with Crippen molar-refractivity contribution in [3.8, 4) is 11.1 Å². The largest absolute Gasteiger partial charge is 0.545 e. The molecular weight excluding hydrogens is 236 g/mol. The van der Waals surface area contributed by atoms with Crippen molar-refractivity contribution in [1.29, 1.82) is 0 Å². The van der Waals surface area contributed by atoms with Gasteiger partial charge >= 0.3 is 0 Å². The summed E-state index contributed by atoms with van der Waals surface area (Å²) in [6.45, 7) is 0. The first-order valence-electron chi connectivity index (χ1n) is 6.06. The Hall–Kier alpha value is -2.61. The molecule has 19 heavy (non-hydrogen) atoms. The molecule has 0 bridgehead atoms. The fraction of sp³-hybridized carbons (Fsp3) is 0. The normalized spacial score (nSPS) is 10.5. The second-order valence-corrected chi connectivity index (χ2v) is 4.36. The molecule has 0 heterocycles. The van der Waals surface area contributed by atoms with Crippen LogP contribution >= 0.6 is 0 Å². The van der Waals surface area contributed by atoms with Gasteiger partial charge in [0.15, 0.2) is 0 Å². The highest BCUT2D eigenvalue weighted by Gasteiger charge is 2.08. The van der Waals surface area contributed by atoms with E-state index in [1.807, 2.05) is 54.6 Å². The summed E-state index contributed by atoms with van der Waals surface area (Å²) >= 11 is 0. The molecule has 0 amide bonds. The lowest BCUT2D eigenvalue weighted by Gasteiger charge is -2.12. The summed E-state index contributed by atoms with van der Waals surface area (Å²) < 4.78 is 0. The summed E-state index contributed by atoms with van der Waals surface area (Å²) in [4.78, 5) is 11.2. The Balaban J connectivity index is 2.34. The molecule has 3 rings (SSSR count). The Morgan fingerprint density at radius 1 is 0.737 bits per heavy atom. The third kappa shape index (κ3) is 1.97. The third-order valence-electron chi connectivity index (χ3n) is 3.23. The van der Waals surface area contributed by atoms with Crippen LogP contribution in [0.25, 0.3) is 21.9 Å². The van der Waals surface area contributed by atoms with Gasteiger partial charge in [-0.2, -0.15) is 0 Å². The minimum Gasteiger partial charge on any atom is -0.545 e. The Labute approximate surface area is 110 Å². The van der Waals surface area contributed by atoms with E-state index in [0.29, 0.717) is 5.56 Å². The number of benzene rings is 3. The topological polar surface area (TPSA) is 40.1 Å². The summed E-state index contributed by atoms with van der Waals surface area (Å²) in [5.41, 5.74) is 1.83. The molecule has 0 aliphatic carbocycles. The molecule has 0 saturated heterocycles. The summed E-state index contributed by atoms with van der Waals surface area (Å²) in [5, 5.41) is 13.4. The van der Waals surface area contributed by atoms with Crippen molar-refractivity contribution in [2.75, 3.05) is 0 Å². The van der Waals surface area contributed by atoms with E-state index in [4.69, 9.17) is 0 Å². The van der Waals surface area contributed by atoms with E-state index >= 15 is 0 Å². The lowest BCUT2D eigenvalue weighted by Crippen LogP contribution is -2.22. The van der Waals surface area contributed by atoms with Crippen molar-refractivity contribution < 1.29 is 9.90 Å². The molecular formula is C17H11O2-. The Morgan fingerprint density at radius 3 is 2.21 bits per heavy atom. The smallest absolute Gasteiger partial charge is 0.0721 e. The number of rotatable bonds is 2. The van der Waals surface area contributed by atoms with Crippen LogP contribution in [0.2, 0.25) is 0 Å². The molecule has 0 aromatic heterocycles. The number of hydrogen-bond donors (Lipinski definition) is 0. The fourth-order valence-corrected chi connectivity index (χ4v) is 2.36. The van der Waals surface area contributed by atoms with Gasteiger partial charge in [0, 0.05) is 5.56 Å². The maximum Gasteiger partial charge on any atom is 0.0721 e. The van der Waals surface area contributed by atoms with Crippen molar-refractivity contribution >= 4 is 16.7 Å². The zero-order valence-electron chi connectivity index (χ0n) is 10.2. The van der Waals surface area contributed by atoms with Crippen LogP contribution in [0, 0.1) is 0 Å². The van der Waals surface area contributed by atoms with E-state index in [2.05, 4.69) is 0 Å². The highest BCUT2D eigenvalue weighted by atomic mass is 16.4. The predicted molar refractivity (Wildman–Crippen MR) is 73.7 cm³/mol. The highest BCUT2D eigenvalue weighted by molar-refractivity contribution is 6.02. The number of fused-ring (bicyclic) bond motifs is 1. The first-order valence-corrected chi connectivity index (χ1v) is 6.06. The number of hydrogen-bond acceptors (Lipinski definition) is 2. The van der Waals surface area contributed by atoms with Gasteiger partial charge in [0.2, 0.25) is 0 Å². The van der Waals surface area contributed by atoms with Gasteiger partial charge in [-0.3, -0.25) is 0 Å².